The minimum Gasteiger partial charge on any atom is -0.333 e. The number of hydrogen-bond acceptors (Lipinski definition) is 5. The molecule has 7 nitrogen and oxygen atoms in total. The number of tetrazole rings is 1. The van der Waals surface area contributed by atoms with Crippen LogP contribution >= 0.6 is 0 Å². The Morgan fingerprint density at radius 3 is 2.84 bits per heavy atom. The minimum absolute atomic E-state index is 0.119. The van der Waals surface area contributed by atoms with Crippen molar-refractivity contribution in [1.29, 1.82) is 0 Å². The van der Waals surface area contributed by atoms with Crippen molar-refractivity contribution in [3.05, 3.63) is 53.9 Å². The molecule has 0 unspecified atom stereocenters. The fourth-order valence-electron chi connectivity index (χ4n) is 6.71. The van der Waals surface area contributed by atoms with Gasteiger partial charge in [-0.05, 0) is 66.5 Å². The molecule has 6 rings (SSSR count). The van der Waals surface area contributed by atoms with Gasteiger partial charge < -0.3 is 4.90 Å². The van der Waals surface area contributed by atoms with E-state index in [0.717, 1.165) is 37.5 Å². The zero-order valence-corrected chi connectivity index (χ0v) is 17.9. The third kappa shape index (κ3) is 3.30. The largest absolute Gasteiger partial charge is 0.333 e. The average Bonchev–Trinajstić information content (AvgIpc) is 3.34. The fourth-order valence-corrected chi connectivity index (χ4v) is 6.71. The van der Waals surface area contributed by atoms with Gasteiger partial charge in [-0.1, -0.05) is 48.4 Å². The van der Waals surface area contributed by atoms with E-state index >= 15 is 0 Å². The summed E-state index contributed by atoms with van der Waals surface area (Å²) in [6.07, 6.45) is 11.5. The number of fused-ring (bicyclic) bond motifs is 6. The highest BCUT2D eigenvalue weighted by molar-refractivity contribution is 5.84. The number of nitrogens with zero attached hydrogens (tertiary/aromatic N) is 6. The van der Waals surface area contributed by atoms with Gasteiger partial charge in [-0.3, -0.25) is 9.69 Å². The molecule has 4 heterocycles. The maximum absolute atomic E-state index is 14.1. The Morgan fingerprint density at radius 1 is 1.10 bits per heavy atom. The summed E-state index contributed by atoms with van der Waals surface area (Å²) >= 11 is 0. The highest BCUT2D eigenvalue weighted by Gasteiger charge is 2.48. The predicted molar refractivity (Wildman–Crippen MR) is 116 cm³/mol. The second-order valence-corrected chi connectivity index (χ2v) is 9.64. The Hall–Kier alpha value is -2.54. The van der Waals surface area contributed by atoms with Crippen molar-refractivity contribution >= 4 is 5.91 Å². The first kappa shape index (κ1) is 19.2. The Balaban J connectivity index is 1.35. The van der Waals surface area contributed by atoms with Gasteiger partial charge in [0.15, 0.2) is 6.04 Å². The van der Waals surface area contributed by atoms with E-state index in [0.29, 0.717) is 11.8 Å². The van der Waals surface area contributed by atoms with Crippen molar-refractivity contribution in [2.24, 2.45) is 11.8 Å². The third-order valence-electron chi connectivity index (χ3n) is 7.92. The first-order chi connectivity index (χ1) is 15.3. The van der Waals surface area contributed by atoms with Gasteiger partial charge in [0.05, 0.1) is 6.04 Å². The van der Waals surface area contributed by atoms with Crippen molar-refractivity contribution in [2.45, 2.75) is 56.7 Å². The summed E-state index contributed by atoms with van der Waals surface area (Å²) in [5.74, 6) is 1.33. The molecule has 162 valence electrons. The Labute approximate surface area is 183 Å². The summed E-state index contributed by atoms with van der Waals surface area (Å²) in [5.41, 5.74) is 2.44. The van der Waals surface area contributed by atoms with Crippen LogP contribution in [0.15, 0.2) is 48.3 Å². The van der Waals surface area contributed by atoms with E-state index in [-0.39, 0.29) is 11.9 Å². The molecular weight excluding hydrogens is 388 g/mol. The average molecular weight is 419 g/mol. The number of amides is 1. The van der Waals surface area contributed by atoms with Crippen molar-refractivity contribution in [2.75, 3.05) is 19.6 Å². The molecule has 3 fully saturated rings. The van der Waals surface area contributed by atoms with Crippen LogP contribution in [0.4, 0.5) is 0 Å². The van der Waals surface area contributed by atoms with Gasteiger partial charge in [0.1, 0.15) is 6.33 Å². The number of carbonyl (C=O) groups is 1. The molecule has 1 aromatic heterocycles. The van der Waals surface area contributed by atoms with Crippen LogP contribution in [0.1, 0.15) is 50.1 Å². The Bertz CT molecular complexity index is 958. The molecule has 31 heavy (non-hydrogen) atoms. The molecule has 3 aliphatic heterocycles. The van der Waals surface area contributed by atoms with Crippen LogP contribution in [-0.4, -0.2) is 67.6 Å². The van der Waals surface area contributed by atoms with Crippen molar-refractivity contribution in [3.8, 4) is 0 Å². The highest BCUT2D eigenvalue weighted by atomic mass is 16.2. The highest BCUT2D eigenvalue weighted by Crippen LogP contribution is 2.45. The maximum Gasteiger partial charge on any atom is 0.252 e. The standard InChI is InChI=1S/C24H30N6O/c31-24(23(30-16-25-26-27-30)17-7-2-1-3-8-17)29-12-6-9-18-13-19-14-20(22(18)29)15-28-11-5-4-10-21(19)28/h1-3,7-8,13,16,19-23H,4-6,9-12,14-15H2/t19-,20-,21+,22+,23-/m0/s1. The van der Waals surface area contributed by atoms with Crippen LogP contribution in [0.25, 0.3) is 0 Å². The second-order valence-electron chi connectivity index (χ2n) is 9.64. The normalized spacial score (nSPS) is 31.4. The van der Waals surface area contributed by atoms with Gasteiger partial charge in [0.25, 0.3) is 5.91 Å². The molecule has 0 spiro atoms. The van der Waals surface area contributed by atoms with E-state index in [1.165, 1.54) is 37.8 Å². The molecule has 0 N–H and O–H groups in total. The first-order valence-electron chi connectivity index (χ1n) is 11.8. The predicted octanol–water partition coefficient (Wildman–Crippen LogP) is 2.68. The molecule has 2 bridgehead atoms. The fraction of sp³-hybridized carbons (Fsp3) is 0.583. The van der Waals surface area contributed by atoms with Gasteiger partial charge in [-0.15, -0.1) is 5.10 Å². The summed E-state index contributed by atoms with van der Waals surface area (Å²) in [6.45, 7) is 3.17. The molecule has 0 radical (unpaired) electrons. The van der Waals surface area contributed by atoms with Crippen molar-refractivity contribution in [1.82, 2.24) is 30.0 Å². The van der Waals surface area contributed by atoms with Crippen LogP contribution in [0.3, 0.4) is 0 Å². The molecule has 1 amide bonds. The molecule has 5 atom stereocenters. The van der Waals surface area contributed by atoms with Gasteiger partial charge in [0.2, 0.25) is 0 Å². The molecule has 1 aliphatic carbocycles. The lowest BCUT2D eigenvalue weighted by molar-refractivity contribution is -0.139. The summed E-state index contributed by atoms with van der Waals surface area (Å²) in [6, 6.07) is 10.4. The summed E-state index contributed by atoms with van der Waals surface area (Å²) < 4.78 is 1.61. The molecule has 3 saturated heterocycles. The van der Waals surface area contributed by atoms with Gasteiger partial charge >= 0.3 is 0 Å². The number of piperidine rings is 3. The first-order valence-corrected chi connectivity index (χ1v) is 11.8. The number of carbonyl (C=O) groups excluding carboxylic acids is 1. The topological polar surface area (TPSA) is 67.2 Å². The van der Waals surface area contributed by atoms with E-state index in [4.69, 9.17) is 0 Å². The molecular formula is C24H30N6O. The monoisotopic (exact) mass is 418 g/mol. The number of hydrogen-bond donors (Lipinski definition) is 0. The zero-order valence-electron chi connectivity index (χ0n) is 17.9. The van der Waals surface area contributed by atoms with Gasteiger partial charge in [0, 0.05) is 19.1 Å². The number of likely N-dealkylation sites (tertiary alicyclic amines) is 1. The minimum atomic E-state index is -0.514. The van der Waals surface area contributed by atoms with Crippen LogP contribution < -0.4 is 0 Å². The zero-order chi connectivity index (χ0) is 20.8. The Morgan fingerprint density at radius 2 is 2.00 bits per heavy atom. The van der Waals surface area contributed by atoms with E-state index in [2.05, 4.69) is 31.4 Å². The maximum atomic E-state index is 14.1. The van der Waals surface area contributed by atoms with Crippen LogP contribution in [0.2, 0.25) is 0 Å². The summed E-state index contributed by atoms with van der Waals surface area (Å²) in [5, 5.41) is 11.7. The SMILES string of the molecule is O=C([C@H](c1ccccc1)n1cnnn1)N1CCCC2=C[C@H]3C[C@@H](CN4CCCC[C@H]34)[C@@H]21. The summed E-state index contributed by atoms with van der Waals surface area (Å²) in [7, 11) is 0. The van der Waals surface area contributed by atoms with Crippen LogP contribution in [-0.2, 0) is 4.79 Å². The second kappa shape index (κ2) is 7.86. The Kier molecular flexibility index (Phi) is 4.86. The van der Waals surface area contributed by atoms with E-state index in [1.54, 1.807) is 11.0 Å². The van der Waals surface area contributed by atoms with E-state index < -0.39 is 6.04 Å². The number of aromatic nitrogens is 4. The van der Waals surface area contributed by atoms with Gasteiger partial charge in [-0.25, -0.2) is 4.68 Å². The number of benzene rings is 1. The molecule has 0 saturated carbocycles. The molecule has 7 heteroatoms. The number of rotatable bonds is 3. The van der Waals surface area contributed by atoms with Crippen LogP contribution in [0, 0.1) is 11.8 Å². The van der Waals surface area contributed by atoms with E-state index in [1.807, 2.05) is 30.3 Å². The smallest absolute Gasteiger partial charge is 0.252 e. The van der Waals surface area contributed by atoms with E-state index in [9.17, 15) is 4.79 Å². The lowest BCUT2D eigenvalue weighted by Crippen LogP contribution is -2.60. The third-order valence-corrected chi connectivity index (χ3v) is 7.92. The van der Waals surface area contributed by atoms with Crippen molar-refractivity contribution in [3.63, 3.8) is 0 Å². The van der Waals surface area contributed by atoms with Crippen LogP contribution in [0.5, 0.6) is 0 Å². The lowest BCUT2D eigenvalue weighted by atomic mass is 9.68. The molecule has 4 aliphatic rings. The summed E-state index contributed by atoms with van der Waals surface area (Å²) in [4.78, 5) is 19.0. The molecule has 2 aromatic rings. The molecule has 1 aromatic carbocycles. The lowest BCUT2D eigenvalue weighted by Gasteiger charge is -2.55. The van der Waals surface area contributed by atoms with Gasteiger partial charge in [-0.2, -0.15) is 0 Å². The van der Waals surface area contributed by atoms with Crippen molar-refractivity contribution < 1.29 is 4.79 Å². The quantitative estimate of drug-likeness (QED) is 0.717.